The molecule has 1 aliphatic heterocycles. The molecular weight excluding hydrogens is 226 g/mol. The maximum absolute atomic E-state index is 11.4. The van der Waals surface area contributed by atoms with Gasteiger partial charge in [0.1, 0.15) is 0 Å². The monoisotopic (exact) mass is 247 g/mol. The predicted octanol–water partition coefficient (Wildman–Crippen LogP) is 1.27. The largest absolute Gasteiger partial charge is 0.399 e. The maximum atomic E-state index is 11.4. The van der Waals surface area contributed by atoms with Crippen molar-refractivity contribution in [2.75, 3.05) is 18.8 Å². The number of rotatable bonds is 3. The second-order valence-corrected chi connectivity index (χ2v) is 5.52. The highest BCUT2D eigenvalue weighted by Gasteiger charge is 2.38. The molecule has 1 atom stereocenters. The van der Waals surface area contributed by atoms with Crippen LogP contribution in [0, 0.1) is 12.3 Å². The third-order valence-electron chi connectivity index (χ3n) is 4.03. The van der Waals surface area contributed by atoms with E-state index in [0.29, 0.717) is 0 Å². The molecule has 2 rings (SSSR count). The highest BCUT2D eigenvalue weighted by atomic mass is 16.1. The average molecular weight is 247 g/mol. The maximum Gasteiger partial charge on any atom is 0.224 e. The predicted molar refractivity (Wildman–Crippen MR) is 72.8 cm³/mol. The molecule has 0 spiro atoms. The molecule has 1 aromatic carbocycles. The van der Waals surface area contributed by atoms with Gasteiger partial charge in [0, 0.05) is 18.8 Å². The van der Waals surface area contributed by atoms with E-state index in [1.54, 1.807) is 0 Å². The molecular formula is C14H21N3O. The van der Waals surface area contributed by atoms with Gasteiger partial charge >= 0.3 is 0 Å². The second-order valence-electron chi connectivity index (χ2n) is 5.52. The van der Waals surface area contributed by atoms with Crippen LogP contribution in [-0.4, -0.2) is 23.9 Å². The third kappa shape index (κ3) is 2.34. The zero-order chi connectivity index (χ0) is 13.3. The van der Waals surface area contributed by atoms with Gasteiger partial charge < -0.3 is 11.5 Å². The molecule has 1 saturated heterocycles. The number of likely N-dealkylation sites (tertiary alicyclic amines) is 1. The molecule has 4 heteroatoms. The molecule has 1 fully saturated rings. The Bertz CT molecular complexity index is 472. The van der Waals surface area contributed by atoms with Gasteiger partial charge in [0.15, 0.2) is 0 Å². The standard InChI is InChI=1S/C14H21N3O/c1-10-11(4-3-5-12(10)15)8-17-7-6-14(2,9-17)13(16)18/h3-5H,6-9,15H2,1-2H3,(H2,16,18). The van der Waals surface area contributed by atoms with E-state index >= 15 is 0 Å². The third-order valence-corrected chi connectivity index (χ3v) is 4.03. The van der Waals surface area contributed by atoms with E-state index in [9.17, 15) is 4.79 Å². The average Bonchev–Trinajstić information content (AvgIpc) is 2.68. The normalized spacial score (nSPS) is 24.3. The van der Waals surface area contributed by atoms with Crippen molar-refractivity contribution in [2.45, 2.75) is 26.8 Å². The first kappa shape index (κ1) is 12.9. The SMILES string of the molecule is Cc1c(N)cccc1CN1CCC(C)(C(N)=O)C1. The van der Waals surface area contributed by atoms with E-state index in [0.717, 1.165) is 37.3 Å². The first-order chi connectivity index (χ1) is 8.42. The summed E-state index contributed by atoms with van der Waals surface area (Å²) in [5, 5.41) is 0. The van der Waals surface area contributed by atoms with Crippen LogP contribution in [0.5, 0.6) is 0 Å². The molecule has 0 saturated carbocycles. The molecule has 4 nitrogen and oxygen atoms in total. The zero-order valence-electron chi connectivity index (χ0n) is 11.1. The van der Waals surface area contributed by atoms with Crippen molar-refractivity contribution in [3.05, 3.63) is 29.3 Å². The Kier molecular flexibility index (Phi) is 3.30. The number of carbonyl (C=O) groups excluding carboxylic acids is 1. The van der Waals surface area contributed by atoms with Gasteiger partial charge in [-0.2, -0.15) is 0 Å². The van der Waals surface area contributed by atoms with E-state index in [1.807, 2.05) is 26.0 Å². The molecule has 1 unspecified atom stereocenters. The molecule has 0 aromatic heterocycles. The summed E-state index contributed by atoms with van der Waals surface area (Å²) in [5.74, 6) is -0.200. The summed E-state index contributed by atoms with van der Waals surface area (Å²) >= 11 is 0. The molecule has 1 heterocycles. The lowest BCUT2D eigenvalue weighted by molar-refractivity contribution is -0.126. The number of hydrogen-bond acceptors (Lipinski definition) is 3. The van der Waals surface area contributed by atoms with Gasteiger partial charge in [-0.3, -0.25) is 9.69 Å². The highest BCUT2D eigenvalue weighted by Crippen LogP contribution is 2.31. The van der Waals surface area contributed by atoms with Gasteiger partial charge in [0.2, 0.25) is 5.91 Å². The van der Waals surface area contributed by atoms with E-state index in [1.165, 1.54) is 5.56 Å². The number of nitrogens with zero attached hydrogens (tertiary/aromatic N) is 1. The minimum absolute atomic E-state index is 0.200. The molecule has 0 radical (unpaired) electrons. The number of benzene rings is 1. The second kappa shape index (κ2) is 4.61. The molecule has 98 valence electrons. The fourth-order valence-corrected chi connectivity index (χ4v) is 2.51. The zero-order valence-corrected chi connectivity index (χ0v) is 11.1. The molecule has 0 bridgehead atoms. The van der Waals surface area contributed by atoms with Crippen LogP contribution < -0.4 is 11.5 Å². The van der Waals surface area contributed by atoms with Crippen molar-refractivity contribution in [1.82, 2.24) is 4.90 Å². The molecule has 0 aliphatic carbocycles. The summed E-state index contributed by atoms with van der Waals surface area (Å²) in [6, 6.07) is 5.98. The van der Waals surface area contributed by atoms with Crippen LogP contribution in [0.25, 0.3) is 0 Å². The Morgan fingerprint density at radius 3 is 2.83 bits per heavy atom. The molecule has 1 aromatic rings. The van der Waals surface area contributed by atoms with Gasteiger partial charge in [-0.25, -0.2) is 0 Å². The quantitative estimate of drug-likeness (QED) is 0.790. The van der Waals surface area contributed by atoms with Crippen LogP contribution in [-0.2, 0) is 11.3 Å². The van der Waals surface area contributed by atoms with Crippen LogP contribution in [0.2, 0.25) is 0 Å². The molecule has 4 N–H and O–H groups in total. The Labute approximate surface area is 108 Å². The van der Waals surface area contributed by atoms with Crippen LogP contribution in [0.3, 0.4) is 0 Å². The van der Waals surface area contributed by atoms with Crippen molar-refractivity contribution in [3.8, 4) is 0 Å². The fraction of sp³-hybridized carbons (Fsp3) is 0.500. The number of hydrogen-bond donors (Lipinski definition) is 2. The first-order valence-electron chi connectivity index (χ1n) is 6.28. The topological polar surface area (TPSA) is 72.3 Å². The molecule has 18 heavy (non-hydrogen) atoms. The number of carbonyl (C=O) groups is 1. The summed E-state index contributed by atoms with van der Waals surface area (Å²) in [6.45, 7) is 6.46. The first-order valence-corrected chi connectivity index (χ1v) is 6.28. The lowest BCUT2D eigenvalue weighted by Crippen LogP contribution is -2.37. The lowest BCUT2D eigenvalue weighted by atomic mass is 9.89. The Morgan fingerprint density at radius 2 is 2.22 bits per heavy atom. The summed E-state index contributed by atoms with van der Waals surface area (Å²) in [4.78, 5) is 13.7. The van der Waals surface area contributed by atoms with E-state index in [-0.39, 0.29) is 11.3 Å². The Balaban J connectivity index is 2.08. The Morgan fingerprint density at radius 1 is 1.50 bits per heavy atom. The van der Waals surface area contributed by atoms with Gasteiger partial charge in [0.25, 0.3) is 0 Å². The van der Waals surface area contributed by atoms with Crippen molar-refractivity contribution in [1.29, 1.82) is 0 Å². The molecule has 1 amide bonds. The fourth-order valence-electron chi connectivity index (χ4n) is 2.51. The van der Waals surface area contributed by atoms with Crippen molar-refractivity contribution < 1.29 is 4.79 Å². The Hall–Kier alpha value is -1.55. The summed E-state index contributed by atoms with van der Waals surface area (Å²) in [7, 11) is 0. The van der Waals surface area contributed by atoms with Crippen LogP contribution >= 0.6 is 0 Å². The van der Waals surface area contributed by atoms with Gasteiger partial charge in [-0.15, -0.1) is 0 Å². The van der Waals surface area contributed by atoms with Crippen LogP contribution in [0.1, 0.15) is 24.5 Å². The van der Waals surface area contributed by atoms with E-state index in [4.69, 9.17) is 11.5 Å². The van der Waals surface area contributed by atoms with Crippen molar-refractivity contribution >= 4 is 11.6 Å². The minimum atomic E-state index is -0.381. The summed E-state index contributed by atoms with van der Waals surface area (Å²) in [6.07, 6.45) is 0.837. The van der Waals surface area contributed by atoms with Crippen molar-refractivity contribution in [2.24, 2.45) is 11.1 Å². The van der Waals surface area contributed by atoms with E-state index < -0.39 is 0 Å². The highest BCUT2D eigenvalue weighted by molar-refractivity contribution is 5.81. The van der Waals surface area contributed by atoms with Crippen LogP contribution in [0.4, 0.5) is 5.69 Å². The smallest absolute Gasteiger partial charge is 0.224 e. The number of nitrogen functional groups attached to an aromatic ring is 1. The number of anilines is 1. The summed E-state index contributed by atoms with van der Waals surface area (Å²) in [5.41, 5.74) is 14.2. The lowest BCUT2D eigenvalue weighted by Gasteiger charge is -2.21. The summed E-state index contributed by atoms with van der Waals surface area (Å²) < 4.78 is 0. The minimum Gasteiger partial charge on any atom is -0.399 e. The van der Waals surface area contributed by atoms with Gasteiger partial charge in [0.05, 0.1) is 5.41 Å². The van der Waals surface area contributed by atoms with Gasteiger partial charge in [-0.05, 0) is 44.0 Å². The number of amides is 1. The van der Waals surface area contributed by atoms with Crippen LogP contribution in [0.15, 0.2) is 18.2 Å². The van der Waals surface area contributed by atoms with E-state index in [2.05, 4.69) is 11.0 Å². The van der Waals surface area contributed by atoms with Crippen molar-refractivity contribution in [3.63, 3.8) is 0 Å². The number of primary amides is 1. The van der Waals surface area contributed by atoms with Gasteiger partial charge in [-0.1, -0.05) is 12.1 Å². The molecule has 1 aliphatic rings. The number of nitrogens with two attached hydrogens (primary N) is 2.